The van der Waals surface area contributed by atoms with Crippen molar-refractivity contribution in [2.24, 2.45) is 0 Å². The van der Waals surface area contributed by atoms with Crippen molar-refractivity contribution in [1.29, 1.82) is 0 Å². The van der Waals surface area contributed by atoms with Gasteiger partial charge in [0, 0.05) is 11.3 Å². The summed E-state index contributed by atoms with van der Waals surface area (Å²) in [7, 11) is 0. The number of carbonyl (C=O) groups is 4. The monoisotopic (exact) mass is 503 g/mol. The van der Waals surface area contributed by atoms with Crippen molar-refractivity contribution in [3.63, 3.8) is 0 Å². The molecular weight excluding hydrogens is 482 g/mol. The smallest absolute Gasteiger partial charge is 0.340 e. The Kier molecular flexibility index (Phi) is 7.46. The average molecular weight is 504 g/mol. The van der Waals surface area contributed by atoms with Crippen molar-refractivity contribution in [1.82, 2.24) is 0 Å². The highest BCUT2D eigenvalue weighted by Gasteiger charge is 2.38. The van der Waals surface area contributed by atoms with E-state index in [1.807, 2.05) is 6.92 Å². The number of halogens is 1. The summed E-state index contributed by atoms with van der Waals surface area (Å²) in [6, 6.07) is 21.3. The molecule has 3 amide bonds. The van der Waals surface area contributed by atoms with E-state index >= 15 is 0 Å². The van der Waals surface area contributed by atoms with E-state index in [1.54, 1.807) is 72.8 Å². The fourth-order valence-corrected chi connectivity index (χ4v) is 3.76. The first-order valence-corrected chi connectivity index (χ1v) is 11.6. The van der Waals surface area contributed by atoms with E-state index in [1.165, 1.54) is 6.07 Å². The van der Waals surface area contributed by atoms with Crippen molar-refractivity contribution in [2.45, 2.75) is 13.3 Å². The second-order valence-electron chi connectivity index (χ2n) is 7.81. The van der Waals surface area contributed by atoms with Gasteiger partial charge >= 0.3 is 5.97 Å². The first-order chi connectivity index (χ1) is 17.4. The van der Waals surface area contributed by atoms with Gasteiger partial charge in [0.2, 0.25) is 0 Å². The molecule has 3 aromatic rings. The van der Waals surface area contributed by atoms with Crippen LogP contribution in [0.15, 0.2) is 89.6 Å². The maximum Gasteiger partial charge on any atom is 0.340 e. The molecule has 0 aromatic heterocycles. The number of nitrogens with one attached hydrogen (secondary N) is 2. The van der Waals surface area contributed by atoms with Crippen LogP contribution in [0.3, 0.4) is 0 Å². The maximum absolute atomic E-state index is 13.0. The van der Waals surface area contributed by atoms with Crippen LogP contribution in [0, 0.1) is 0 Å². The highest BCUT2D eigenvalue weighted by atomic mass is 35.5. The zero-order valence-electron chi connectivity index (χ0n) is 19.3. The number of ether oxygens (including phenoxy) is 1. The van der Waals surface area contributed by atoms with Crippen LogP contribution in [0.5, 0.6) is 0 Å². The number of imide groups is 1. The van der Waals surface area contributed by atoms with Crippen LogP contribution < -0.4 is 15.5 Å². The number of carbonyl (C=O) groups excluding carboxylic acids is 4. The van der Waals surface area contributed by atoms with Gasteiger partial charge in [0.05, 0.1) is 23.5 Å². The molecule has 3 aromatic carbocycles. The molecule has 0 fully saturated rings. The number of para-hydroxylation sites is 2. The molecule has 0 saturated heterocycles. The van der Waals surface area contributed by atoms with Crippen molar-refractivity contribution >= 4 is 52.4 Å². The lowest BCUT2D eigenvalue weighted by Crippen LogP contribution is -2.32. The first kappa shape index (κ1) is 24.7. The highest BCUT2D eigenvalue weighted by molar-refractivity contribution is 6.53. The third-order valence-electron chi connectivity index (χ3n) is 5.27. The number of amides is 3. The van der Waals surface area contributed by atoms with Crippen molar-refractivity contribution in [2.75, 3.05) is 22.1 Å². The quantitative estimate of drug-likeness (QED) is 0.333. The molecule has 8 nitrogen and oxygen atoms in total. The Morgan fingerprint density at radius 1 is 0.917 bits per heavy atom. The number of anilines is 3. The highest BCUT2D eigenvalue weighted by Crippen LogP contribution is 2.30. The molecule has 1 heterocycles. The third-order valence-corrected chi connectivity index (χ3v) is 5.62. The van der Waals surface area contributed by atoms with Crippen LogP contribution in [0.4, 0.5) is 17.1 Å². The fraction of sp³-hybridized carbons (Fsp3) is 0.111. The molecular formula is C27H22ClN3O5. The lowest BCUT2D eigenvalue weighted by molar-refractivity contribution is -0.120. The Morgan fingerprint density at radius 2 is 1.64 bits per heavy atom. The van der Waals surface area contributed by atoms with Gasteiger partial charge in [-0.3, -0.25) is 14.4 Å². The molecule has 0 atom stereocenters. The summed E-state index contributed by atoms with van der Waals surface area (Å²) in [5, 5.41) is 5.34. The molecule has 0 radical (unpaired) electrons. The SMILES string of the molecule is CCCOC(=O)c1ccccc1NC(=O)c1cccc(NC2=C(Cl)C(=O)N(c3ccccc3)C2=O)c1. The summed E-state index contributed by atoms with van der Waals surface area (Å²) < 4.78 is 5.19. The normalized spacial score (nSPS) is 13.1. The maximum atomic E-state index is 13.0. The van der Waals surface area contributed by atoms with E-state index in [0.29, 0.717) is 23.5 Å². The van der Waals surface area contributed by atoms with Gasteiger partial charge in [-0.2, -0.15) is 0 Å². The van der Waals surface area contributed by atoms with Crippen LogP contribution >= 0.6 is 11.6 Å². The van der Waals surface area contributed by atoms with Crippen molar-refractivity contribution in [3.8, 4) is 0 Å². The molecule has 9 heteroatoms. The van der Waals surface area contributed by atoms with Gasteiger partial charge in [-0.15, -0.1) is 0 Å². The number of hydrogen-bond acceptors (Lipinski definition) is 6. The lowest BCUT2D eigenvalue weighted by Gasteiger charge is -2.15. The van der Waals surface area contributed by atoms with Gasteiger partial charge in [0.15, 0.2) is 0 Å². The van der Waals surface area contributed by atoms with Gasteiger partial charge in [-0.1, -0.05) is 54.9 Å². The second kappa shape index (κ2) is 10.9. The molecule has 1 aliphatic rings. The molecule has 1 aliphatic heterocycles. The van der Waals surface area contributed by atoms with E-state index < -0.39 is 23.7 Å². The van der Waals surface area contributed by atoms with E-state index in [-0.39, 0.29) is 28.5 Å². The number of rotatable bonds is 8. The summed E-state index contributed by atoms with van der Waals surface area (Å²) in [5.74, 6) is -2.26. The molecule has 0 spiro atoms. The van der Waals surface area contributed by atoms with Gasteiger partial charge in [-0.05, 0) is 48.9 Å². The van der Waals surface area contributed by atoms with Crippen molar-refractivity contribution in [3.05, 3.63) is 101 Å². The number of esters is 1. The Labute approximate surface area is 212 Å². The zero-order valence-corrected chi connectivity index (χ0v) is 20.0. The minimum Gasteiger partial charge on any atom is -0.462 e. The van der Waals surface area contributed by atoms with Crippen molar-refractivity contribution < 1.29 is 23.9 Å². The Balaban J connectivity index is 1.52. The summed E-state index contributed by atoms with van der Waals surface area (Å²) >= 11 is 6.19. The fourth-order valence-electron chi connectivity index (χ4n) is 3.54. The predicted molar refractivity (Wildman–Crippen MR) is 137 cm³/mol. The van der Waals surface area contributed by atoms with E-state index in [9.17, 15) is 19.2 Å². The molecule has 0 unspecified atom stereocenters. The molecule has 4 rings (SSSR count). The summed E-state index contributed by atoms with van der Waals surface area (Å²) in [6.07, 6.45) is 0.678. The first-order valence-electron chi connectivity index (χ1n) is 11.2. The zero-order chi connectivity index (χ0) is 25.7. The standard InChI is InChI=1S/C27H22ClN3O5/c1-2-15-36-27(35)20-13-6-7-14-21(20)30-24(32)17-9-8-10-18(16-17)29-23-22(28)25(33)31(26(23)34)19-11-4-3-5-12-19/h3-14,16,29H,2,15H2,1H3,(H,30,32). The Bertz CT molecular complexity index is 1370. The minimum atomic E-state index is -0.643. The van der Waals surface area contributed by atoms with E-state index in [0.717, 1.165) is 4.90 Å². The van der Waals surface area contributed by atoms with Crippen LogP contribution in [0.25, 0.3) is 0 Å². The number of nitrogens with zero attached hydrogens (tertiary/aromatic N) is 1. The summed E-state index contributed by atoms with van der Waals surface area (Å²) in [5.41, 5.74) is 1.48. The Morgan fingerprint density at radius 3 is 2.39 bits per heavy atom. The number of benzene rings is 3. The molecule has 0 saturated carbocycles. The van der Waals surface area contributed by atoms with E-state index in [2.05, 4.69) is 10.6 Å². The average Bonchev–Trinajstić information content (AvgIpc) is 3.11. The lowest BCUT2D eigenvalue weighted by atomic mass is 10.1. The molecule has 2 N–H and O–H groups in total. The Hall–Kier alpha value is -4.43. The van der Waals surface area contributed by atoms with Gasteiger partial charge in [-0.25, -0.2) is 9.69 Å². The minimum absolute atomic E-state index is 0.0907. The van der Waals surface area contributed by atoms with Crippen LogP contribution in [0.2, 0.25) is 0 Å². The van der Waals surface area contributed by atoms with Crippen LogP contribution in [-0.2, 0) is 14.3 Å². The largest absolute Gasteiger partial charge is 0.462 e. The molecule has 0 bridgehead atoms. The topological polar surface area (TPSA) is 105 Å². The molecule has 182 valence electrons. The van der Waals surface area contributed by atoms with E-state index in [4.69, 9.17) is 16.3 Å². The number of hydrogen-bond donors (Lipinski definition) is 2. The van der Waals surface area contributed by atoms with Crippen LogP contribution in [0.1, 0.15) is 34.1 Å². The van der Waals surface area contributed by atoms with Gasteiger partial charge < -0.3 is 15.4 Å². The predicted octanol–water partition coefficient (Wildman–Crippen LogP) is 4.94. The van der Waals surface area contributed by atoms with Crippen LogP contribution in [-0.4, -0.2) is 30.3 Å². The summed E-state index contributed by atoms with van der Waals surface area (Å²) in [4.78, 5) is 51.8. The molecule has 36 heavy (non-hydrogen) atoms. The third kappa shape index (κ3) is 5.13. The van der Waals surface area contributed by atoms with Gasteiger partial charge in [0.25, 0.3) is 17.7 Å². The molecule has 0 aliphatic carbocycles. The summed E-state index contributed by atoms with van der Waals surface area (Å²) in [6.45, 7) is 2.16. The van der Waals surface area contributed by atoms with Gasteiger partial charge in [0.1, 0.15) is 10.7 Å². The second-order valence-corrected chi connectivity index (χ2v) is 8.19.